The average Bonchev–Trinajstić information content (AvgIpc) is 3.49. The zero-order valence-electron chi connectivity index (χ0n) is 17.8. The Morgan fingerprint density at radius 1 is 1.26 bits per heavy atom. The van der Waals surface area contributed by atoms with E-state index >= 15 is 0 Å². The molecule has 0 fully saturated rings. The minimum atomic E-state index is 0.193. The molecule has 1 aliphatic rings. The molecule has 3 aromatic heterocycles. The van der Waals surface area contributed by atoms with Gasteiger partial charge < -0.3 is 9.47 Å². The number of nitrogens with zero attached hydrogens (tertiary/aromatic N) is 7. The lowest BCUT2D eigenvalue weighted by atomic mass is 10.0. The van der Waals surface area contributed by atoms with Gasteiger partial charge in [0.2, 0.25) is 5.91 Å². The molecule has 5 rings (SSSR count). The number of para-hydroxylation sites is 1. The summed E-state index contributed by atoms with van der Waals surface area (Å²) in [6, 6.07) is 8.18. The van der Waals surface area contributed by atoms with Gasteiger partial charge in [-0.05, 0) is 31.9 Å². The highest BCUT2D eigenvalue weighted by atomic mass is 32.1. The van der Waals surface area contributed by atoms with Gasteiger partial charge in [0.25, 0.3) is 0 Å². The first-order valence-electron chi connectivity index (χ1n) is 10.7. The quantitative estimate of drug-likeness (QED) is 0.464. The highest BCUT2D eigenvalue weighted by Gasteiger charge is 2.28. The summed E-state index contributed by atoms with van der Waals surface area (Å²) < 4.78 is 5.12. The fraction of sp³-hybridized carbons (Fsp3) is 0.409. The van der Waals surface area contributed by atoms with Crippen LogP contribution in [0.1, 0.15) is 36.0 Å². The molecule has 9 heteroatoms. The largest absolute Gasteiger partial charge is 0.338 e. The molecule has 0 bridgehead atoms. The van der Waals surface area contributed by atoms with Gasteiger partial charge in [0.15, 0.2) is 5.82 Å². The summed E-state index contributed by atoms with van der Waals surface area (Å²) in [5.74, 6) is 0.961. The zero-order valence-corrected chi connectivity index (χ0v) is 18.6. The molecule has 0 radical (unpaired) electrons. The van der Waals surface area contributed by atoms with Crippen LogP contribution < -0.4 is 0 Å². The van der Waals surface area contributed by atoms with Crippen LogP contribution >= 0.6 is 11.3 Å². The molecule has 0 unspecified atom stereocenters. The lowest BCUT2D eigenvalue weighted by Gasteiger charge is -2.27. The molecule has 160 valence electrons. The van der Waals surface area contributed by atoms with Crippen LogP contribution in [-0.2, 0) is 37.8 Å². The van der Waals surface area contributed by atoms with Gasteiger partial charge in [-0.25, -0.2) is 4.98 Å². The molecule has 0 saturated heterocycles. The lowest BCUT2D eigenvalue weighted by molar-refractivity contribution is -0.132. The molecular formula is C22H25N7OS. The van der Waals surface area contributed by atoms with E-state index in [4.69, 9.17) is 5.10 Å². The van der Waals surface area contributed by atoms with E-state index in [9.17, 15) is 4.79 Å². The Bertz CT molecular complexity index is 1200. The smallest absolute Gasteiger partial charge is 0.222 e. The van der Waals surface area contributed by atoms with Gasteiger partial charge in [0, 0.05) is 50.8 Å². The van der Waals surface area contributed by atoms with Crippen molar-refractivity contribution in [2.75, 3.05) is 6.54 Å². The molecule has 0 N–H and O–H groups in total. The predicted molar refractivity (Wildman–Crippen MR) is 120 cm³/mol. The summed E-state index contributed by atoms with van der Waals surface area (Å²) >= 11 is 1.72. The maximum atomic E-state index is 12.9. The van der Waals surface area contributed by atoms with Crippen LogP contribution in [0.2, 0.25) is 0 Å². The number of fused-ring (bicyclic) bond motifs is 2. The van der Waals surface area contributed by atoms with E-state index in [0.29, 0.717) is 13.0 Å². The number of aryl methyl sites for hydroxylation is 3. The number of amides is 1. The van der Waals surface area contributed by atoms with Gasteiger partial charge in [0.05, 0.1) is 15.2 Å². The minimum absolute atomic E-state index is 0.193. The van der Waals surface area contributed by atoms with Gasteiger partial charge >= 0.3 is 0 Å². The third-order valence-electron chi connectivity index (χ3n) is 5.88. The van der Waals surface area contributed by atoms with E-state index in [-0.39, 0.29) is 5.91 Å². The van der Waals surface area contributed by atoms with Crippen LogP contribution in [0.15, 0.2) is 30.6 Å². The van der Waals surface area contributed by atoms with Crippen molar-refractivity contribution in [3.05, 3.63) is 46.9 Å². The van der Waals surface area contributed by atoms with Gasteiger partial charge in [-0.1, -0.05) is 12.1 Å². The van der Waals surface area contributed by atoms with E-state index in [2.05, 4.69) is 28.2 Å². The van der Waals surface area contributed by atoms with Gasteiger partial charge in [-0.2, -0.15) is 5.10 Å². The summed E-state index contributed by atoms with van der Waals surface area (Å²) in [5.41, 5.74) is 4.15. The minimum Gasteiger partial charge on any atom is -0.338 e. The molecule has 0 aliphatic carbocycles. The van der Waals surface area contributed by atoms with Crippen molar-refractivity contribution in [1.29, 1.82) is 0 Å². The second-order valence-corrected chi connectivity index (χ2v) is 8.95. The Hall–Kier alpha value is -3.07. The highest BCUT2D eigenvalue weighted by molar-refractivity contribution is 7.18. The number of carbonyl (C=O) groups is 1. The molecule has 1 aliphatic heterocycles. The monoisotopic (exact) mass is 435 g/mol. The van der Waals surface area contributed by atoms with Crippen LogP contribution in [0.5, 0.6) is 0 Å². The second kappa shape index (κ2) is 8.22. The maximum absolute atomic E-state index is 12.9. The van der Waals surface area contributed by atoms with Crippen molar-refractivity contribution in [1.82, 2.24) is 34.4 Å². The molecule has 0 saturated carbocycles. The van der Waals surface area contributed by atoms with Crippen molar-refractivity contribution in [3.8, 4) is 11.5 Å². The SMILES string of the molecule is CCn1cnnc1-c1nn(C)c2c1CN(C(=O)CCCc1nc3ccccc3s1)CC2. The molecule has 8 nitrogen and oxygen atoms in total. The van der Waals surface area contributed by atoms with Crippen LogP contribution in [-0.4, -0.2) is 46.9 Å². The van der Waals surface area contributed by atoms with Crippen molar-refractivity contribution >= 4 is 27.5 Å². The van der Waals surface area contributed by atoms with Gasteiger partial charge in [-0.3, -0.25) is 9.48 Å². The first-order chi connectivity index (χ1) is 15.1. The Labute approximate surface area is 184 Å². The summed E-state index contributed by atoms with van der Waals surface area (Å²) in [6.07, 6.45) is 4.72. The van der Waals surface area contributed by atoms with E-state index in [0.717, 1.165) is 60.0 Å². The summed E-state index contributed by atoms with van der Waals surface area (Å²) in [4.78, 5) is 19.6. The van der Waals surface area contributed by atoms with E-state index in [1.54, 1.807) is 17.7 Å². The van der Waals surface area contributed by atoms with Crippen LogP contribution in [0.3, 0.4) is 0 Å². The number of hydrogen-bond acceptors (Lipinski definition) is 6. The van der Waals surface area contributed by atoms with Gasteiger partial charge in [-0.15, -0.1) is 21.5 Å². The van der Waals surface area contributed by atoms with Crippen molar-refractivity contribution in [2.24, 2.45) is 7.05 Å². The normalized spacial score (nSPS) is 13.7. The van der Waals surface area contributed by atoms with E-state index in [1.165, 1.54) is 10.4 Å². The standard InChI is InChI=1S/C22H25N7OS/c1-3-28-14-23-25-22(28)21-15-13-29(12-11-17(15)27(2)26-21)20(30)10-6-9-19-24-16-7-4-5-8-18(16)31-19/h4-5,7-8,14H,3,6,9-13H2,1-2H3. The molecule has 1 aromatic carbocycles. The van der Waals surface area contributed by atoms with Crippen LogP contribution in [0, 0.1) is 0 Å². The Kier molecular flexibility index (Phi) is 5.27. The highest BCUT2D eigenvalue weighted by Crippen LogP contribution is 2.29. The van der Waals surface area contributed by atoms with Crippen molar-refractivity contribution in [3.63, 3.8) is 0 Å². The summed E-state index contributed by atoms with van der Waals surface area (Å²) in [6.45, 7) is 4.15. The third-order valence-corrected chi connectivity index (χ3v) is 6.98. The van der Waals surface area contributed by atoms with Crippen molar-refractivity contribution in [2.45, 2.75) is 45.7 Å². The average molecular weight is 436 g/mol. The molecule has 0 spiro atoms. The number of aromatic nitrogens is 6. The fourth-order valence-electron chi connectivity index (χ4n) is 4.23. The lowest BCUT2D eigenvalue weighted by Crippen LogP contribution is -2.36. The number of carbonyl (C=O) groups excluding carboxylic acids is 1. The Morgan fingerprint density at radius 3 is 2.97 bits per heavy atom. The molecule has 1 amide bonds. The number of rotatable bonds is 6. The second-order valence-electron chi connectivity index (χ2n) is 7.83. The Morgan fingerprint density at radius 2 is 2.13 bits per heavy atom. The summed E-state index contributed by atoms with van der Waals surface area (Å²) in [5, 5.41) is 14.1. The molecule has 0 atom stereocenters. The molecule has 4 aromatic rings. The third kappa shape index (κ3) is 3.74. The Balaban J connectivity index is 1.26. The van der Waals surface area contributed by atoms with Crippen LogP contribution in [0.25, 0.3) is 21.7 Å². The zero-order chi connectivity index (χ0) is 21.4. The van der Waals surface area contributed by atoms with E-state index < -0.39 is 0 Å². The first kappa shape index (κ1) is 19.9. The topological polar surface area (TPSA) is 81.7 Å². The number of benzene rings is 1. The number of thiazole rings is 1. The van der Waals surface area contributed by atoms with Gasteiger partial charge in [0.1, 0.15) is 12.0 Å². The number of hydrogen-bond donors (Lipinski definition) is 0. The maximum Gasteiger partial charge on any atom is 0.222 e. The van der Waals surface area contributed by atoms with Crippen molar-refractivity contribution < 1.29 is 4.79 Å². The summed E-state index contributed by atoms with van der Waals surface area (Å²) in [7, 11) is 1.96. The molecule has 31 heavy (non-hydrogen) atoms. The van der Waals surface area contributed by atoms with Crippen LogP contribution in [0.4, 0.5) is 0 Å². The fourth-order valence-corrected chi connectivity index (χ4v) is 5.24. The molecule has 4 heterocycles. The van der Waals surface area contributed by atoms with E-state index in [1.807, 2.05) is 39.4 Å². The predicted octanol–water partition coefficient (Wildman–Crippen LogP) is 3.22. The first-order valence-corrected chi connectivity index (χ1v) is 11.5. The molecular weight excluding hydrogens is 410 g/mol.